The summed E-state index contributed by atoms with van der Waals surface area (Å²) < 4.78 is 44.8. The molecule has 0 saturated carbocycles. The number of nitrogen functional groups attached to an aromatic ring is 2. The summed E-state index contributed by atoms with van der Waals surface area (Å²) in [5.41, 5.74) is 8.96. The Morgan fingerprint density at radius 3 is 2.45 bits per heavy atom. The van der Waals surface area contributed by atoms with E-state index in [9.17, 15) is 13.2 Å². The molecular formula is C13H10F3N5O. The van der Waals surface area contributed by atoms with Crippen LogP contribution in [0.2, 0.25) is 0 Å². The van der Waals surface area contributed by atoms with E-state index in [4.69, 9.17) is 21.5 Å². The molecule has 0 atom stereocenters. The Morgan fingerprint density at radius 2 is 1.91 bits per heavy atom. The molecule has 0 aliphatic carbocycles. The molecule has 0 aliphatic rings. The minimum atomic E-state index is -4.72. The third-order valence-corrected chi connectivity index (χ3v) is 2.85. The normalized spacial score (nSPS) is 11.0. The van der Waals surface area contributed by atoms with Gasteiger partial charge in [-0.1, -0.05) is 12.1 Å². The molecule has 4 N–H and O–H groups in total. The molecule has 0 amide bonds. The van der Waals surface area contributed by atoms with Gasteiger partial charge in [0.05, 0.1) is 12.8 Å². The highest BCUT2D eigenvalue weighted by molar-refractivity contribution is 5.77. The van der Waals surface area contributed by atoms with E-state index in [-0.39, 0.29) is 28.6 Å². The summed E-state index contributed by atoms with van der Waals surface area (Å²) >= 11 is 0. The number of alkyl halides is 3. The minimum Gasteiger partial charge on any atom is -0.496 e. The standard InChI is InChI=1S/C13H10F3N5O/c1-22-8-4-2-3-6(9(8)13(14,15)16)10-7(5-17)11(18)21-12(19)20-10/h2-4H,1H3,(H4,18,19,20,21). The Bertz CT molecular complexity index is 767. The zero-order valence-electron chi connectivity index (χ0n) is 11.3. The fraction of sp³-hybridized carbons (Fsp3) is 0.154. The van der Waals surface area contributed by atoms with Gasteiger partial charge in [-0.05, 0) is 6.07 Å². The van der Waals surface area contributed by atoms with Crippen LogP contribution in [0.15, 0.2) is 18.2 Å². The third kappa shape index (κ3) is 2.58. The number of nitrogens with two attached hydrogens (primary N) is 2. The second-order valence-corrected chi connectivity index (χ2v) is 4.18. The molecule has 0 spiro atoms. The van der Waals surface area contributed by atoms with Crippen LogP contribution in [0.5, 0.6) is 5.75 Å². The van der Waals surface area contributed by atoms with E-state index >= 15 is 0 Å². The number of benzene rings is 1. The van der Waals surface area contributed by atoms with E-state index in [1.807, 2.05) is 0 Å². The molecule has 6 nitrogen and oxygen atoms in total. The largest absolute Gasteiger partial charge is 0.496 e. The van der Waals surface area contributed by atoms with Crippen molar-refractivity contribution in [1.82, 2.24) is 9.97 Å². The first-order valence-electron chi connectivity index (χ1n) is 5.87. The lowest BCUT2D eigenvalue weighted by molar-refractivity contribution is -0.138. The maximum atomic E-state index is 13.3. The first-order chi connectivity index (χ1) is 10.3. The molecule has 0 unspecified atom stereocenters. The van der Waals surface area contributed by atoms with E-state index in [0.717, 1.165) is 19.2 Å². The number of hydrogen-bond acceptors (Lipinski definition) is 6. The molecule has 2 rings (SSSR count). The van der Waals surface area contributed by atoms with Gasteiger partial charge in [-0.25, -0.2) is 4.98 Å². The maximum Gasteiger partial charge on any atom is 0.420 e. The van der Waals surface area contributed by atoms with Gasteiger partial charge in [0.1, 0.15) is 28.8 Å². The molecule has 1 aromatic heterocycles. The van der Waals surface area contributed by atoms with Crippen LogP contribution in [0.25, 0.3) is 11.3 Å². The lowest BCUT2D eigenvalue weighted by atomic mass is 9.99. The number of halogens is 3. The fourth-order valence-corrected chi connectivity index (χ4v) is 1.99. The second kappa shape index (κ2) is 5.40. The van der Waals surface area contributed by atoms with Crippen molar-refractivity contribution >= 4 is 11.8 Å². The van der Waals surface area contributed by atoms with Gasteiger partial charge < -0.3 is 16.2 Å². The Hall–Kier alpha value is -3.02. The van der Waals surface area contributed by atoms with E-state index in [1.165, 1.54) is 6.07 Å². The molecule has 0 radical (unpaired) electrons. The van der Waals surface area contributed by atoms with Crippen molar-refractivity contribution < 1.29 is 17.9 Å². The van der Waals surface area contributed by atoms with E-state index in [1.54, 1.807) is 6.07 Å². The highest BCUT2D eigenvalue weighted by atomic mass is 19.4. The van der Waals surface area contributed by atoms with Crippen LogP contribution in [0.1, 0.15) is 11.1 Å². The van der Waals surface area contributed by atoms with Gasteiger partial charge in [0, 0.05) is 5.56 Å². The van der Waals surface area contributed by atoms with Gasteiger partial charge >= 0.3 is 6.18 Å². The van der Waals surface area contributed by atoms with Crippen LogP contribution in [0.3, 0.4) is 0 Å². The highest BCUT2D eigenvalue weighted by Gasteiger charge is 2.38. The summed E-state index contributed by atoms with van der Waals surface area (Å²) in [4.78, 5) is 7.31. The number of rotatable bonds is 2. The number of nitrogens with zero attached hydrogens (tertiary/aromatic N) is 3. The molecule has 1 aromatic carbocycles. The maximum absolute atomic E-state index is 13.3. The monoisotopic (exact) mass is 309 g/mol. The summed E-state index contributed by atoms with van der Waals surface area (Å²) in [7, 11) is 1.11. The van der Waals surface area contributed by atoms with E-state index in [2.05, 4.69) is 9.97 Å². The molecule has 0 aliphatic heterocycles. The lowest BCUT2D eigenvalue weighted by Crippen LogP contribution is -2.12. The number of ether oxygens (including phenoxy) is 1. The number of hydrogen-bond donors (Lipinski definition) is 2. The van der Waals surface area contributed by atoms with E-state index in [0.29, 0.717) is 0 Å². The van der Waals surface area contributed by atoms with Crippen molar-refractivity contribution in [2.75, 3.05) is 18.6 Å². The number of methoxy groups -OCH3 is 1. The Kier molecular flexibility index (Phi) is 3.77. The summed E-state index contributed by atoms with van der Waals surface area (Å²) in [6.45, 7) is 0. The second-order valence-electron chi connectivity index (χ2n) is 4.18. The average Bonchev–Trinajstić information content (AvgIpc) is 2.44. The molecule has 2 aromatic rings. The highest BCUT2D eigenvalue weighted by Crippen LogP contribution is 2.43. The zero-order chi connectivity index (χ0) is 16.5. The lowest BCUT2D eigenvalue weighted by Gasteiger charge is -2.17. The number of anilines is 2. The molecule has 1 heterocycles. The number of nitriles is 1. The van der Waals surface area contributed by atoms with Crippen molar-refractivity contribution in [2.45, 2.75) is 6.18 Å². The van der Waals surface area contributed by atoms with Gasteiger partial charge in [0.15, 0.2) is 0 Å². The molecule has 0 bridgehead atoms. The van der Waals surface area contributed by atoms with Crippen molar-refractivity contribution in [1.29, 1.82) is 5.26 Å². The van der Waals surface area contributed by atoms with Gasteiger partial charge in [0.2, 0.25) is 5.95 Å². The van der Waals surface area contributed by atoms with Crippen molar-refractivity contribution in [2.24, 2.45) is 0 Å². The van der Waals surface area contributed by atoms with Gasteiger partial charge in [0.25, 0.3) is 0 Å². The van der Waals surface area contributed by atoms with Crippen molar-refractivity contribution in [3.8, 4) is 23.1 Å². The molecular weight excluding hydrogens is 299 g/mol. The van der Waals surface area contributed by atoms with Gasteiger partial charge in [-0.15, -0.1) is 0 Å². The summed E-state index contributed by atoms with van der Waals surface area (Å²) in [6, 6.07) is 5.36. The number of aromatic nitrogens is 2. The smallest absolute Gasteiger partial charge is 0.420 e. The Labute approximate surface area is 123 Å². The summed E-state index contributed by atoms with van der Waals surface area (Å²) in [5.74, 6) is -1.02. The topological polar surface area (TPSA) is 111 Å². The molecule has 0 saturated heterocycles. The van der Waals surface area contributed by atoms with Gasteiger partial charge in [-0.2, -0.15) is 23.4 Å². The summed E-state index contributed by atoms with van der Waals surface area (Å²) in [6.07, 6.45) is -4.72. The van der Waals surface area contributed by atoms with Gasteiger partial charge in [-0.3, -0.25) is 0 Å². The zero-order valence-corrected chi connectivity index (χ0v) is 11.3. The molecule has 114 valence electrons. The van der Waals surface area contributed by atoms with Crippen LogP contribution in [0, 0.1) is 11.3 Å². The third-order valence-electron chi connectivity index (χ3n) is 2.85. The first-order valence-corrected chi connectivity index (χ1v) is 5.87. The molecule has 0 fully saturated rings. The van der Waals surface area contributed by atoms with E-state index < -0.39 is 17.5 Å². The van der Waals surface area contributed by atoms with Crippen LogP contribution in [-0.2, 0) is 6.18 Å². The van der Waals surface area contributed by atoms with Crippen LogP contribution in [-0.4, -0.2) is 17.1 Å². The molecule has 22 heavy (non-hydrogen) atoms. The fourth-order valence-electron chi connectivity index (χ4n) is 1.99. The quantitative estimate of drug-likeness (QED) is 0.879. The van der Waals surface area contributed by atoms with Crippen LogP contribution in [0.4, 0.5) is 24.9 Å². The predicted octanol–water partition coefficient (Wildman–Crippen LogP) is 2.21. The molecule has 9 heteroatoms. The van der Waals surface area contributed by atoms with Crippen LogP contribution >= 0.6 is 0 Å². The average molecular weight is 309 g/mol. The Morgan fingerprint density at radius 1 is 1.23 bits per heavy atom. The SMILES string of the molecule is COc1cccc(-c2nc(N)nc(N)c2C#N)c1C(F)(F)F. The minimum absolute atomic E-state index is 0.284. The van der Waals surface area contributed by atoms with Crippen LogP contribution < -0.4 is 16.2 Å². The predicted molar refractivity (Wildman–Crippen MR) is 72.6 cm³/mol. The summed E-state index contributed by atoms with van der Waals surface area (Å²) in [5, 5.41) is 9.11. The first kappa shape index (κ1) is 15.4. The Balaban J connectivity index is 2.88. The van der Waals surface area contributed by atoms with Crippen molar-refractivity contribution in [3.63, 3.8) is 0 Å². The van der Waals surface area contributed by atoms with Crippen molar-refractivity contribution in [3.05, 3.63) is 29.3 Å².